The fourth-order valence-corrected chi connectivity index (χ4v) is 3.04. The third-order valence-electron chi connectivity index (χ3n) is 3.84. The molecule has 1 saturated heterocycles. The van der Waals surface area contributed by atoms with Crippen molar-refractivity contribution in [2.24, 2.45) is 0 Å². The first-order valence-electron chi connectivity index (χ1n) is 7.09. The maximum absolute atomic E-state index is 6.02. The Hall–Kier alpha value is -1.35. The fraction of sp³-hybridized carbons (Fsp3) is 0.294. The summed E-state index contributed by atoms with van der Waals surface area (Å²) in [6.45, 7) is 1.92. The van der Waals surface area contributed by atoms with Crippen LogP contribution in [-0.4, -0.2) is 12.6 Å². The molecular weight excluding hydrogens is 268 g/mol. The van der Waals surface area contributed by atoms with E-state index in [1.165, 1.54) is 11.1 Å². The molecule has 3 rings (SSSR count). The van der Waals surface area contributed by atoms with E-state index in [1.807, 2.05) is 18.2 Å². The monoisotopic (exact) mass is 286 g/mol. The lowest BCUT2D eigenvalue weighted by atomic mass is 10.0. The predicted octanol–water partition coefficient (Wildman–Crippen LogP) is 3.53. The molecule has 0 amide bonds. The highest BCUT2D eigenvalue weighted by Crippen LogP contribution is 2.24. The topological polar surface area (TPSA) is 24.1 Å². The van der Waals surface area contributed by atoms with Crippen molar-refractivity contribution >= 4 is 11.6 Å². The molecule has 104 valence electrons. The lowest BCUT2D eigenvalue weighted by Crippen LogP contribution is -2.33. The molecule has 2 aromatic carbocycles. The zero-order valence-corrected chi connectivity index (χ0v) is 12.1. The molecule has 0 unspecified atom stereocenters. The highest BCUT2D eigenvalue weighted by atomic mass is 35.5. The Morgan fingerprint density at radius 2 is 1.95 bits per heavy atom. The third-order valence-corrected chi connectivity index (χ3v) is 4.07. The minimum Gasteiger partial charge on any atom is -0.309 e. The summed E-state index contributed by atoms with van der Waals surface area (Å²) in [5.41, 5.74) is 2.59. The van der Waals surface area contributed by atoms with E-state index >= 15 is 0 Å². The van der Waals surface area contributed by atoms with Gasteiger partial charge in [0.1, 0.15) is 0 Å². The fourth-order valence-electron chi connectivity index (χ4n) is 2.83. The average Bonchev–Trinajstić information content (AvgIpc) is 2.95. The van der Waals surface area contributed by atoms with E-state index in [9.17, 15) is 0 Å². The summed E-state index contributed by atoms with van der Waals surface area (Å²) in [4.78, 5) is 0. The van der Waals surface area contributed by atoms with Gasteiger partial charge in [-0.1, -0.05) is 54.1 Å². The highest BCUT2D eigenvalue weighted by molar-refractivity contribution is 6.30. The quantitative estimate of drug-likeness (QED) is 0.898. The molecule has 0 saturated carbocycles. The molecule has 2 atom stereocenters. The van der Waals surface area contributed by atoms with Gasteiger partial charge in [0, 0.05) is 23.7 Å². The zero-order chi connectivity index (χ0) is 13.8. The Kier molecular flexibility index (Phi) is 4.36. The van der Waals surface area contributed by atoms with Crippen LogP contribution < -0.4 is 10.6 Å². The Labute approximate surface area is 125 Å². The summed E-state index contributed by atoms with van der Waals surface area (Å²) >= 11 is 6.02. The van der Waals surface area contributed by atoms with Gasteiger partial charge in [-0.05, 0) is 36.2 Å². The maximum Gasteiger partial charge on any atom is 0.0476 e. The summed E-state index contributed by atoms with van der Waals surface area (Å²) in [6, 6.07) is 19.6. The van der Waals surface area contributed by atoms with Gasteiger partial charge in [0.25, 0.3) is 0 Å². The normalized spacial score (nSPS) is 22.1. The van der Waals surface area contributed by atoms with Crippen molar-refractivity contribution in [3.05, 3.63) is 70.7 Å². The first kappa shape index (κ1) is 13.6. The van der Waals surface area contributed by atoms with Crippen LogP contribution in [0.3, 0.4) is 0 Å². The molecule has 1 heterocycles. The van der Waals surface area contributed by atoms with Crippen molar-refractivity contribution in [2.75, 3.05) is 6.54 Å². The van der Waals surface area contributed by atoms with Crippen molar-refractivity contribution in [2.45, 2.75) is 25.0 Å². The largest absolute Gasteiger partial charge is 0.309 e. The van der Waals surface area contributed by atoms with Gasteiger partial charge < -0.3 is 10.6 Å². The van der Waals surface area contributed by atoms with Crippen LogP contribution in [0.25, 0.3) is 0 Å². The molecule has 1 aliphatic heterocycles. The van der Waals surface area contributed by atoms with Crippen LogP contribution in [0.1, 0.15) is 23.6 Å². The molecule has 2 nitrogen and oxygen atoms in total. The van der Waals surface area contributed by atoms with Crippen LogP contribution >= 0.6 is 11.6 Å². The number of halogens is 1. The number of hydrogen-bond acceptors (Lipinski definition) is 2. The summed E-state index contributed by atoms with van der Waals surface area (Å²) < 4.78 is 0. The number of nitrogens with one attached hydrogen (secondary N) is 2. The smallest absolute Gasteiger partial charge is 0.0476 e. The second kappa shape index (κ2) is 6.40. The first-order chi connectivity index (χ1) is 9.83. The minimum absolute atomic E-state index is 0.399. The molecule has 0 radical (unpaired) electrons. The first-order valence-corrected chi connectivity index (χ1v) is 7.47. The minimum atomic E-state index is 0.399. The highest BCUT2D eigenvalue weighted by Gasteiger charge is 2.27. The molecule has 2 N–H and O–H groups in total. The maximum atomic E-state index is 6.02. The third kappa shape index (κ3) is 3.21. The van der Waals surface area contributed by atoms with E-state index in [0.717, 1.165) is 24.5 Å². The van der Waals surface area contributed by atoms with Gasteiger partial charge in [0.15, 0.2) is 0 Å². The van der Waals surface area contributed by atoms with Crippen molar-refractivity contribution < 1.29 is 0 Å². The standard InChI is InChI=1S/C17H19ClN2/c18-15-8-4-5-13(11-15)12-20-16-9-10-19-17(16)14-6-2-1-3-7-14/h1-8,11,16-17,19-20H,9-10,12H2/t16-,17+/m1/s1. The SMILES string of the molecule is Clc1cccc(CN[C@@H]2CCN[C@H]2c2ccccc2)c1. The molecule has 0 aliphatic carbocycles. The van der Waals surface area contributed by atoms with E-state index in [2.05, 4.69) is 47.0 Å². The van der Waals surface area contributed by atoms with Crippen LogP contribution in [0.2, 0.25) is 5.02 Å². The Balaban J connectivity index is 1.65. The van der Waals surface area contributed by atoms with Crippen molar-refractivity contribution in [1.82, 2.24) is 10.6 Å². The van der Waals surface area contributed by atoms with Crippen LogP contribution in [0.15, 0.2) is 54.6 Å². The van der Waals surface area contributed by atoms with Crippen molar-refractivity contribution in [3.63, 3.8) is 0 Å². The van der Waals surface area contributed by atoms with E-state index in [0.29, 0.717) is 12.1 Å². The van der Waals surface area contributed by atoms with Crippen molar-refractivity contribution in [3.8, 4) is 0 Å². The zero-order valence-electron chi connectivity index (χ0n) is 11.4. The second-order valence-electron chi connectivity index (χ2n) is 5.25. The Morgan fingerprint density at radius 1 is 1.10 bits per heavy atom. The summed E-state index contributed by atoms with van der Waals surface area (Å²) in [6.07, 6.45) is 1.15. The van der Waals surface area contributed by atoms with E-state index in [1.54, 1.807) is 0 Å². The molecule has 3 heteroatoms. The van der Waals surface area contributed by atoms with E-state index < -0.39 is 0 Å². The summed E-state index contributed by atoms with van der Waals surface area (Å²) in [5.74, 6) is 0. The molecule has 20 heavy (non-hydrogen) atoms. The van der Waals surface area contributed by atoms with Gasteiger partial charge in [-0.15, -0.1) is 0 Å². The second-order valence-corrected chi connectivity index (χ2v) is 5.68. The van der Waals surface area contributed by atoms with Gasteiger partial charge in [0.05, 0.1) is 0 Å². The van der Waals surface area contributed by atoms with E-state index in [4.69, 9.17) is 11.6 Å². The Morgan fingerprint density at radius 3 is 2.75 bits per heavy atom. The molecule has 2 aromatic rings. The van der Waals surface area contributed by atoms with Crippen LogP contribution in [0.5, 0.6) is 0 Å². The van der Waals surface area contributed by atoms with Gasteiger partial charge in [-0.25, -0.2) is 0 Å². The van der Waals surface area contributed by atoms with Gasteiger partial charge in [0.2, 0.25) is 0 Å². The molecule has 0 bridgehead atoms. The Bertz CT molecular complexity index is 556. The summed E-state index contributed by atoms with van der Waals surface area (Å²) in [7, 11) is 0. The van der Waals surface area contributed by atoms with E-state index in [-0.39, 0.29) is 0 Å². The van der Waals surface area contributed by atoms with Gasteiger partial charge in [-0.3, -0.25) is 0 Å². The average molecular weight is 287 g/mol. The molecule has 0 aromatic heterocycles. The number of rotatable bonds is 4. The molecular formula is C17H19ClN2. The summed E-state index contributed by atoms with van der Waals surface area (Å²) in [5, 5.41) is 8.03. The van der Waals surface area contributed by atoms with Gasteiger partial charge in [-0.2, -0.15) is 0 Å². The van der Waals surface area contributed by atoms with Crippen LogP contribution in [0, 0.1) is 0 Å². The predicted molar refractivity (Wildman–Crippen MR) is 83.9 cm³/mol. The van der Waals surface area contributed by atoms with Crippen LogP contribution in [-0.2, 0) is 6.54 Å². The van der Waals surface area contributed by atoms with Crippen molar-refractivity contribution in [1.29, 1.82) is 0 Å². The van der Waals surface area contributed by atoms with Gasteiger partial charge >= 0.3 is 0 Å². The molecule has 0 spiro atoms. The molecule has 1 fully saturated rings. The molecule has 1 aliphatic rings. The number of benzene rings is 2. The number of hydrogen-bond donors (Lipinski definition) is 2. The lowest BCUT2D eigenvalue weighted by molar-refractivity contribution is 0.461. The lowest BCUT2D eigenvalue weighted by Gasteiger charge is -2.21. The van der Waals surface area contributed by atoms with Crippen LogP contribution in [0.4, 0.5) is 0 Å².